The van der Waals surface area contributed by atoms with E-state index in [1.54, 1.807) is 6.07 Å². The number of fused-ring (bicyclic) bond motifs is 4. The molecular weight excluding hydrogens is 841 g/mol. The first-order valence-corrected chi connectivity index (χ1v) is 23.4. The number of aromatic nitrogens is 4. The number of imidazole rings is 2. The van der Waals surface area contributed by atoms with Gasteiger partial charge in [0.15, 0.2) is 11.6 Å². The van der Waals surface area contributed by atoms with Gasteiger partial charge in [-0.25, -0.2) is 9.97 Å². The van der Waals surface area contributed by atoms with Crippen molar-refractivity contribution in [3.8, 4) is 11.1 Å². The quantitative estimate of drug-likeness (QED) is 0.105. The van der Waals surface area contributed by atoms with E-state index in [9.17, 15) is 29.4 Å². The summed E-state index contributed by atoms with van der Waals surface area (Å²) in [5.74, 6) is -0.735. The van der Waals surface area contributed by atoms with E-state index in [1.165, 1.54) is 0 Å². The van der Waals surface area contributed by atoms with Gasteiger partial charge in [-0.2, -0.15) is 0 Å². The van der Waals surface area contributed by atoms with Gasteiger partial charge in [0, 0.05) is 82.1 Å². The maximum absolute atomic E-state index is 13.9. The second-order valence-corrected chi connectivity index (χ2v) is 19.9. The Morgan fingerprint density at radius 2 is 1.38 bits per heavy atom. The van der Waals surface area contributed by atoms with Gasteiger partial charge in [0.1, 0.15) is 0 Å². The Bertz CT molecular complexity index is 2460. The number of rotatable bonds is 14. The number of nitrogens with one attached hydrogen (secondary N) is 1. The first kappa shape index (κ1) is 43.7. The summed E-state index contributed by atoms with van der Waals surface area (Å²) in [6.45, 7) is 4.90. The molecule has 2 aromatic heterocycles. The van der Waals surface area contributed by atoms with E-state index in [2.05, 4.69) is 15.1 Å². The smallest absolute Gasteiger partial charge is 0.309 e. The average molecular weight is 899 g/mol. The first-order chi connectivity index (χ1) is 30.2. The highest BCUT2D eigenvalue weighted by molar-refractivity contribution is 6.39. The molecule has 2 aliphatic heterocycles. The molecule has 0 spiro atoms. The summed E-state index contributed by atoms with van der Waals surface area (Å²) in [7, 11) is 3.78. The summed E-state index contributed by atoms with van der Waals surface area (Å²) >= 11 is 14.1. The van der Waals surface area contributed by atoms with Gasteiger partial charge in [0.05, 0.1) is 38.5 Å². The minimum Gasteiger partial charge on any atom is -0.481 e. The Morgan fingerprint density at radius 1 is 0.778 bits per heavy atom. The summed E-state index contributed by atoms with van der Waals surface area (Å²) in [5, 5.41) is 22.9. The number of amides is 1. The van der Waals surface area contributed by atoms with Gasteiger partial charge in [-0.3, -0.25) is 29.0 Å². The molecule has 3 saturated carbocycles. The molecule has 5 aliphatic rings. The minimum atomic E-state index is -0.670. The lowest BCUT2D eigenvalue weighted by Gasteiger charge is -2.32. The van der Waals surface area contributed by atoms with Crippen LogP contribution in [0.4, 0.5) is 5.69 Å². The molecule has 4 heterocycles. The van der Waals surface area contributed by atoms with E-state index in [-0.39, 0.29) is 29.4 Å². The Kier molecular flexibility index (Phi) is 12.1. The molecule has 0 unspecified atom stereocenters. The van der Waals surface area contributed by atoms with E-state index in [4.69, 9.17) is 33.2 Å². The number of anilines is 1. The molecule has 3 N–H and O–H groups in total. The van der Waals surface area contributed by atoms with Crippen molar-refractivity contribution in [2.24, 2.45) is 36.8 Å². The summed E-state index contributed by atoms with van der Waals surface area (Å²) in [4.78, 5) is 65.5. The predicted molar refractivity (Wildman–Crippen MR) is 240 cm³/mol. The molecule has 9 rings (SSSR count). The molecule has 2 aromatic carbocycles. The van der Waals surface area contributed by atoms with Crippen LogP contribution in [-0.4, -0.2) is 88.9 Å². The third-order valence-corrected chi connectivity index (χ3v) is 16.4. The number of ketones is 1. The number of carboxylic acids is 2. The third kappa shape index (κ3) is 8.46. The van der Waals surface area contributed by atoms with E-state index in [0.717, 1.165) is 132 Å². The van der Waals surface area contributed by atoms with E-state index in [0.29, 0.717) is 63.1 Å². The molecule has 63 heavy (non-hydrogen) atoms. The molecule has 2 bridgehead atoms. The molecule has 0 saturated heterocycles. The standard InChI is InChI=1S/C48H57Cl2N7O6/c1-54-37-14-22-56(21-13-29-9-11-30(12-10-29)45(60)61)26-35(37)51-42(54)39(58)25-31-5-3-6-32(40(31)49)33-7-4-8-34(41(33)50)53-44(59)43-52-36-27-57(23-15-38(36)55(43)2)24-20-47-16-18-48(28-47,19-17-47)46(62)63/h3-8,29-30H,9-28H2,1-2H3,(H,53,59)(H,60,61)(H,62,63). The molecule has 13 nitrogen and oxygen atoms in total. The van der Waals surface area contributed by atoms with Crippen molar-refractivity contribution in [2.45, 2.75) is 103 Å². The maximum atomic E-state index is 13.9. The number of carbonyl (C=O) groups excluding carboxylic acids is 2. The molecule has 0 radical (unpaired) electrons. The zero-order chi connectivity index (χ0) is 44.2. The summed E-state index contributed by atoms with van der Waals surface area (Å²) in [6.07, 6.45) is 11.5. The SMILES string of the molecule is Cn1c(C(=O)Cc2cccc(-c3cccc(NC(=O)c4nc5c(n4C)CCN(CCC46CCC(C(=O)O)(CC4)C6)C5)c3Cl)c2Cl)nc2c1CCN(CCC1CCC(C(=O)O)CC1)C2. The summed E-state index contributed by atoms with van der Waals surface area (Å²) < 4.78 is 3.80. The first-order valence-electron chi connectivity index (χ1n) is 22.6. The summed E-state index contributed by atoms with van der Waals surface area (Å²) in [6, 6.07) is 11.0. The fourth-order valence-corrected chi connectivity index (χ4v) is 12.2. The number of benzene rings is 2. The van der Waals surface area contributed by atoms with Crippen molar-refractivity contribution >= 4 is 52.5 Å². The fourth-order valence-electron chi connectivity index (χ4n) is 11.6. The molecule has 1 amide bonds. The van der Waals surface area contributed by atoms with Gasteiger partial charge < -0.3 is 24.7 Å². The zero-order valence-corrected chi connectivity index (χ0v) is 37.7. The maximum Gasteiger partial charge on any atom is 0.309 e. The minimum absolute atomic E-state index is 0.0563. The summed E-state index contributed by atoms with van der Waals surface area (Å²) in [5.41, 5.74) is 5.88. The molecule has 15 heteroatoms. The second-order valence-electron chi connectivity index (χ2n) is 19.2. The predicted octanol–water partition coefficient (Wildman–Crippen LogP) is 8.23. The van der Waals surface area contributed by atoms with E-state index >= 15 is 0 Å². The van der Waals surface area contributed by atoms with Gasteiger partial charge in [0.25, 0.3) is 5.91 Å². The zero-order valence-electron chi connectivity index (χ0n) is 36.2. The topological polar surface area (TPSA) is 163 Å². The number of Topliss-reactive ketones (excluding diaryl/α,β-unsaturated/α-hetero) is 1. The normalized spacial score (nSPS) is 24.6. The molecule has 3 aliphatic carbocycles. The van der Waals surface area contributed by atoms with Crippen molar-refractivity contribution in [3.05, 3.63) is 86.4 Å². The number of carboxylic acid groups (broad SMARTS) is 2. The third-order valence-electron chi connectivity index (χ3n) is 15.5. The van der Waals surface area contributed by atoms with Gasteiger partial charge >= 0.3 is 11.9 Å². The molecule has 4 aromatic rings. The van der Waals surface area contributed by atoms with Crippen molar-refractivity contribution in [3.63, 3.8) is 0 Å². The fraction of sp³-hybridized carbons (Fsp3) is 0.542. The largest absolute Gasteiger partial charge is 0.481 e. The highest BCUT2D eigenvalue weighted by Crippen LogP contribution is 2.63. The lowest BCUT2D eigenvalue weighted by atomic mass is 9.80. The van der Waals surface area contributed by atoms with Gasteiger partial charge in [-0.05, 0) is 107 Å². The van der Waals surface area contributed by atoms with Crippen molar-refractivity contribution in [1.29, 1.82) is 0 Å². The number of hydrogen-bond acceptors (Lipinski definition) is 8. The number of hydrogen-bond donors (Lipinski definition) is 3. The molecule has 334 valence electrons. The highest BCUT2D eigenvalue weighted by atomic mass is 35.5. The van der Waals surface area contributed by atoms with Crippen LogP contribution < -0.4 is 5.32 Å². The average Bonchev–Trinajstić information content (AvgIpc) is 4.04. The number of halogens is 2. The van der Waals surface area contributed by atoms with Crippen LogP contribution in [0, 0.1) is 22.7 Å². The molecule has 0 atom stereocenters. The van der Waals surface area contributed by atoms with Crippen LogP contribution in [-0.2, 0) is 56.0 Å². The number of nitrogens with zero attached hydrogens (tertiary/aromatic N) is 6. The lowest BCUT2D eigenvalue weighted by molar-refractivity contribution is -0.148. The van der Waals surface area contributed by atoms with Crippen LogP contribution in [0.2, 0.25) is 10.0 Å². The second kappa shape index (κ2) is 17.4. The van der Waals surface area contributed by atoms with E-state index in [1.807, 2.05) is 53.6 Å². The Labute approximate surface area is 378 Å². The van der Waals surface area contributed by atoms with E-state index < -0.39 is 17.4 Å². The number of carbonyl (C=O) groups is 4. The van der Waals surface area contributed by atoms with Crippen molar-refractivity contribution in [1.82, 2.24) is 28.9 Å². The van der Waals surface area contributed by atoms with Crippen molar-refractivity contribution in [2.75, 3.05) is 31.5 Å². The Balaban J connectivity index is 0.826. The molecular formula is C48H57Cl2N7O6. The van der Waals surface area contributed by atoms with Crippen LogP contribution in [0.1, 0.15) is 120 Å². The van der Waals surface area contributed by atoms with Gasteiger partial charge in [0.2, 0.25) is 5.78 Å². The highest BCUT2D eigenvalue weighted by Gasteiger charge is 2.57. The van der Waals surface area contributed by atoms with Crippen LogP contribution >= 0.6 is 23.2 Å². The monoisotopic (exact) mass is 897 g/mol. The Hall–Kier alpha value is -4.56. The van der Waals surface area contributed by atoms with Gasteiger partial charge in [-0.15, -0.1) is 0 Å². The van der Waals surface area contributed by atoms with Crippen LogP contribution in [0.3, 0.4) is 0 Å². The lowest BCUT2D eigenvalue weighted by Crippen LogP contribution is -2.34. The van der Waals surface area contributed by atoms with Crippen molar-refractivity contribution < 1.29 is 29.4 Å². The Morgan fingerprint density at radius 3 is 2.02 bits per heavy atom. The van der Waals surface area contributed by atoms with Crippen LogP contribution in [0.25, 0.3) is 11.1 Å². The molecule has 3 fully saturated rings. The van der Waals surface area contributed by atoms with Crippen LogP contribution in [0.5, 0.6) is 0 Å². The van der Waals surface area contributed by atoms with Crippen LogP contribution in [0.15, 0.2) is 36.4 Å². The number of aliphatic carboxylic acids is 2. The van der Waals surface area contributed by atoms with Gasteiger partial charge in [-0.1, -0.05) is 53.5 Å².